The Hall–Kier alpha value is -2.92. The fourth-order valence-corrected chi connectivity index (χ4v) is 6.95. The molecule has 1 amide bonds. The van der Waals surface area contributed by atoms with Gasteiger partial charge in [-0.2, -0.15) is 0 Å². The van der Waals surface area contributed by atoms with Crippen LogP contribution in [-0.4, -0.2) is 110 Å². The van der Waals surface area contributed by atoms with Crippen LogP contribution in [0.1, 0.15) is 52.9 Å². The zero-order valence-electron chi connectivity index (χ0n) is 25.5. The van der Waals surface area contributed by atoms with Crippen molar-refractivity contribution in [3.8, 4) is 11.3 Å². The predicted molar refractivity (Wildman–Crippen MR) is 169 cm³/mol. The molecule has 0 radical (unpaired) electrons. The number of rotatable bonds is 6. The fraction of sp³-hybridized carbons (Fsp3) is 0.594. The average Bonchev–Trinajstić information content (AvgIpc) is 3.61. The standard InChI is InChI=1S/C32H44ClN7O3/c1-31(2,3)43-30(41)39-16-11-32(42,12-17-39)21-38-13-9-23(10-14-38)40-15-8-22(20-40)36-29-35-19-26(33)28(37-29)25-18-34-27-7-5-4-6-24(25)27/h4-7,18-19,22-23,34,42H,8-17,20-21H2,1-3H3,(H,35,36,37)/t22-/m1/s1. The summed E-state index contributed by atoms with van der Waals surface area (Å²) in [6, 6.07) is 8.97. The van der Waals surface area contributed by atoms with Crippen molar-refractivity contribution in [1.82, 2.24) is 29.7 Å². The van der Waals surface area contributed by atoms with Crippen molar-refractivity contribution in [3.63, 3.8) is 0 Å². The molecular formula is C32H44ClN7O3. The number of nitrogens with zero attached hydrogens (tertiary/aromatic N) is 5. The highest BCUT2D eigenvalue weighted by Crippen LogP contribution is 2.33. The molecule has 3 aromatic rings. The van der Waals surface area contributed by atoms with Gasteiger partial charge in [-0.1, -0.05) is 29.8 Å². The Morgan fingerprint density at radius 3 is 2.63 bits per heavy atom. The number of aromatic amines is 1. The number of halogens is 1. The van der Waals surface area contributed by atoms with Crippen molar-refractivity contribution in [2.45, 2.75) is 76.2 Å². The molecule has 5 heterocycles. The van der Waals surface area contributed by atoms with Crippen LogP contribution >= 0.6 is 11.6 Å². The van der Waals surface area contributed by atoms with E-state index >= 15 is 0 Å². The van der Waals surface area contributed by atoms with Gasteiger partial charge in [-0.15, -0.1) is 0 Å². The van der Waals surface area contributed by atoms with E-state index in [0.717, 1.165) is 67.6 Å². The molecule has 10 nitrogen and oxygen atoms in total. The molecule has 3 fully saturated rings. The number of nitrogens with one attached hydrogen (secondary N) is 2. The van der Waals surface area contributed by atoms with E-state index < -0.39 is 11.2 Å². The smallest absolute Gasteiger partial charge is 0.410 e. The number of β-amino-alcohol motifs (C(OH)–C–C–N with tert-alkyl or cyclic N) is 1. The van der Waals surface area contributed by atoms with Crippen molar-refractivity contribution in [1.29, 1.82) is 0 Å². The first-order valence-corrected chi connectivity index (χ1v) is 16.0. The summed E-state index contributed by atoms with van der Waals surface area (Å²) in [4.78, 5) is 31.7. The Kier molecular flexibility index (Phi) is 8.56. The molecular weight excluding hydrogens is 566 g/mol. The number of aliphatic hydroxyl groups is 1. The van der Waals surface area contributed by atoms with E-state index in [1.807, 2.05) is 45.2 Å². The van der Waals surface area contributed by atoms with Gasteiger partial charge in [-0.25, -0.2) is 14.8 Å². The number of H-pyrrole nitrogens is 1. The SMILES string of the molecule is CC(C)(C)OC(=O)N1CCC(O)(CN2CCC(N3CC[C@@H](Nc4ncc(Cl)c(-c5c[nH]c6ccccc56)n4)C3)CC2)CC1. The van der Waals surface area contributed by atoms with Gasteiger partial charge in [0, 0.05) is 67.5 Å². The normalized spacial score (nSPS) is 22.3. The van der Waals surface area contributed by atoms with Crippen LogP contribution in [0, 0.1) is 0 Å². The van der Waals surface area contributed by atoms with Crippen molar-refractivity contribution in [3.05, 3.63) is 41.7 Å². The van der Waals surface area contributed by atoms with Gasteiger partial charge >= 0.3 is 6.09 Å². The van der Waals surface area contributed by atoms with Gasteiger partial charge in [0.1, 0.15) is 5.60 Å². The van der Waals surface area contributed by atoms with E-state index in [2.05, 4.69) is 31.2 Å². The molecule has 11 heteroatoms. The number of benzene rings is 1. The first-order chi connectivity index (χ1) is 20.6. The van der Waals surface area contributed by atoms with E-state index in [4.69, 9.17) is 21.3 Å². The Balaban J connectivity index is 0.973. The Bertz CT molecular complexity index is 1420. The molecule has 3 saturated heterocycles. The molecule has 1 aromatic carbocycles. The number of amides is 1. The van der Waals surface area contributed by atoms with Crippen LogP contribution in [0.2, 0.25) is 5.02 Å². The zero-order chi connectivity index (χ0) is 30.2. The number of aromatic nitrogens is 3. The van der Waals surface area contributed by atoms with Crippen molar-refractivity contribution in [2.24, 2.45) is 0 Å². The second kappa shape index (κ2) is 12.2. The van der Waals surface area contributed by atoms with E-state index in [1.54, 1.807) is 11.1 Å². The highest BCUT2D eigenvalue weighted by atomic mass is 35.5. The average molecular weight is 610 g/mol. The van der Waals surface area contributed by atoms with Gasteiger partial charge in [0.2, 0.25) is 5.95 Å². The summed E-state index contributed by atoms with van der Waals surface area (Å²) < 4.78 is 5.51. The highest BCUT2D eigenvalue weighted by Gasteiger charge is 2.38. The molecule has 1 atom stereocenters. The van der Waals surface area contributed by atoms with Crippen molar-refractivity contribution < 1.29 is 14.6 Å². The number of hydrogen-bond acceptors (Lipinski definition) is 8. The van der Waals surface area contributed by atoms with Gasteiger partial charge in [-0.3, -0.25) is 4.90 Å². The second-order valence-corrected chi connectivity index (χ2v) is 13.9. The third-order valence-electron chi connectivity index (χ3n) is 9.08. The summed E-state index contributed by atoms with van der Waals surface area (Å²) in [6.07, 6.45) is 7.75. The van der Waals surface area contributed by atoms with Gasteiger partial charge in [0.25, 0.3) is 0 Å². The van der Waals surface area contributed by atoms with Gasteiger partial charge in [0.05, 0.1) is 22.5 Å². The van der Waals surface area contributed by atoms with Crippen LogP contribution in [0.25, 0.3) is 22.2 Å². The molecule has 6 rings (SSSR count). The van der Waals surface area contributed by atoms with Gasteiger partial charge in [-0.05, 0) is 72.0 Å². The number of para-hydroxylation sites is 1. The lowest BCUT2D eigenvalue weighted by Crippen LogP contribution is -2.54. The minimum absolute atomic E-state index is 0.283. The second-order valence-electron chi connectivity index (χ2n) is 13.5. The lowest BCUT2D eigenvalue weighted by Gasteiger charge is -2.43. The summed E-state index contributed by atoms with van der Waals surface area (Å²) in [5, 5.41) is 16.5. The topological polar surface area (TPSA) is 110 Å². The zero-order valence-corrected chi connectivity index (χ0v) is 26.2. The fourth-order valence-electron chi connectivity index (χ4n) is 6.76. The lowest BCUT2D eigenvalue weighted by atomic mass is 9.90. The van der Waals surface area contributed by atoms with E-state index in [1.165, 1.54) is 0 Å². The maximum Gasteiger partial charge on any atom is 0.410 e. The number of piperidine rings is 2. The summed E-state index contributed by atoms with van der Waals surface area (Å²) in [6.45, 7) is 11.3. The van der Waals surface area contributed by atoms with Crippen LogP contribution in [0.15, 0.2) is 36.7 Å². The number of likely N-dealkylation sites (tertiary alicyclic amines) is 3. The molecule has 0 saturated carbocycles. The summed E-state index contributed by atoms with van der Waals surface area (Å²) in [5.41, 5.74) is 1.50. The molecule has 0 aliphatic carbocycles. The maximum absolute atomic E-state index is 12.4. The third-order valence-corrected chi connectivity index (χ3v) is 9.36. The molecule has 3 aliphatic rings. The van der Waals surface area contributed by atoms with Crippen LogP contribution < -0.4 is 5.32 Å². The molecule has 3 aliphatic heterocycles. The minimum Gasteiger partial charge on any atom is -0.444 e. The number of fused-ring (bicyclic) bond motifs is 1. The molecule has 43 heavy (non-hydrogen) atoms. The van der Waals surface area contributed by atoms with Crippen LogP contribution in [-0.2, 0) is 4.74 Å². The van der Waals surface area contributed by atoms with E-state index in [0.29, 0.717) is 49.5 Å². The Morgan fingerprint density at radius 2 is 1.88 bits per heavy atom. The first kappa shape index (κ1) is 30.1. The lowest BCUT2D eigenvalue weighted by molar-refractivity contribution is -0.0552. The monoisotopic (exact) mass is 609 g/mol. The number of carbonyl (C=O) groups is 1. The third kappa shape index (κ3) is 7.09. The quantitative estimate of drug-likeness (QED) is 0.359. The van der Waals surface area contributed by atoms with Gasteiger partial charge in [0.15, 0.2) is 0 Å². The molecule has 2 aromatic heterocycles. The van der Waals surface area contributed by atoms with Crippen molar-refractivity contribution >= 4 is 34.5 Å². The molecule has 0 spiro atoms. The summed E-state index contributed by atoms with van der Waals surface area (Å²) >= 11 is 6.54. The van der Waals surface area contributed by atoms with Gasteiger partial charge < -0.3 is 29.9 Å². The number of hydrogen-bond donors (Lipinski definition) is 3. The number of carbonyl (C=O) groups excluding carboxylic acids is 1. The van der Waals surface area contributed by atoms with E-state index in [9.17, 15) is 9.90 Å². The Morgan fingerprint density at radius 1 is 1.14 bits per heavy atom. The van der Waals surface area contributed by atoms with Crippen LogP contribution in [0.5, 0.6) is 0 Å². The molecule has 3 N–H and O–H groups in total. The molecule has 0 unspecified atom stereocenters. The number of ether oxygens (including phenoxy) is 1. The summed E-state index contributed by atoms with van der Waals surface area (Å²) in [7, 11) is 0. The molecule has 232 valence electrons. The number of anilines is 1. The van der Waals surface area contributed by atoms with E-state index in [-0.39, 0.29) is 12.1 Å². The van der Waals surface area contributed by atoms with Crippen LogP contribution in [0.4, 0.5) is 10.7 Å². The maximum atomic E-state index is 12.4. The Labute approximate surface area is 258 Å². The molecule has 0 bridgehead atoms. The van der Waals surface area contributed by atoms with Crippen LogP contribution in [0.3, 0.4) is 0 Å². The summed E-state index contributed by atoms with van der Waals surface area (Å²) in [5.74, 6) is 0.609. The van der Waals surface area contributed by atoms with Crippen molar-refractivity contribution in [2.75, 3.05) is 51.1 Å². The highest BCUT2D eigenvalue weighted by molar-refractivity contribution is 6.33. The minimum atomic E-state index is -0.752. The predicted octanol–water partition coefficient (Wildman–Crippen LogP) is 4.99. The largest absolute Gasteiger partial charge is 0.444 e. The first-order valence-electron chi connectivity index (χ1n) is 15.6.